The number of anilines is 1. The van der Waals surface area contributed by atoms with Crippen LogP contribution in [0, 0.1) is 5.92 Å². The number of alkyl halides is 3. The summed E-state index contributed by atoms with van der Waals surface area (Å²) in [6.07, 6.45) is -0.449. The molecule has 1 aromatic rings. The Morgan fingerprint density at radius 2 is 1.81 bits per heavy atom. The van der Waals surface area contributed by atoms with E-state index in [1.54, 1.807) is 7.11 Å². The molecular weight excluding hydrogens is 383 g/mol. The summed E-state index contributed by atoms with van der Waals surface area (Å²) in [6, 6.07) is 0.904. The first-order chi connectivity index (χ1) is 12.8. The topological polar surface area (TPSA) is 45.7 Å². The first-order valence-electron chi connectivity index (χ1n) is 9.09. The van der Waals surface area contributed by atoms with E-state index in [0.29, 0.717) is 44.8 Å². The summed E-state index contributed by atoms with van der Waals surface area (Å²) in [4.78, 5) is 20.4. The Labute approximate surface area is 161 Å². The van der Waals surface area contributed by atoms with Crippen LogP contribution in [0.4, 0.5) is 19.0 Å². The zero-order chi connectivity index (χ0) is 19.6. The highest BCUT2D eigenvalue weighted by molar-refractivity contribution is 6.33. The molecule has 3 rings (SSSR count). The highest BCUT2D eigenvalue weighted by Crippen LogP contribution is 2.35. The van der Waals surface area contributed by atoms with Gasteiger partial charge in [-0.25, -0.2) is 4.98 Å². The number of nitrogens with zero attached hydrogens (tertiary/aromatic N) is 3. The quantitative estimate of drug-likeness (QED) is 0.770. The van der Waals surface area contributed by atoms with Crippen LogP contribution in [0.5, 0.6) is 0 Å². The van der Waals surface area contributed by atoms with Crippen molar-refractivity contribution in [1.29, 1.82) is 0 Å². The van der Waals surface area contributed by atoms with Crippen molar-refractivity contribution < 1.29 is 22.7 Å². The van der Waals surface area contributed by atoms with E-state index in [0.717, 1.165) is 25.1 Å². The van der Waals surface area contributed by atoms with Crippen molar-refractivity contribution in [1.82, 2.24) is 9.88 Å². The third kappa shape index (κ3) is 4.66. The molecule has 3 heterocycles. The molecule has 0 atom stereocenters. The molecule has 0 spiro atoms. The van der Waals surface area contributed by atoms with Gasteiger partial charge in [-0.3, -0.25) is 4.79 Å². The van der Waals surface area contributed by atoms with Gasteiger partial charge in [0, 0.05) is 45.4 Å². The Balaban J connectivity index is 1.57. The van der Waals surface area contributed by atoms with Crippen LogP contribution in [0.15, 0.2) is 12.3 Å². The molecule has 150 valence electrons. The smallest absolute Gasteiger partial charge is 0.381 e. The summed E-state index contributed by atoms with van der Waals surface area (Å²) in [5, 5.41) is -0.0174. The molecular formula is C18H23ClF3N3O2. The van der Waals surface area contributed by atoms with Crippen molar-refractivity contribution in [2.45, 2.75) is 38.0 Å². The van der Waals surface area contributed by atoms with Crippen molar-refractivity contribution in [3.05, 3.63) is 22.8 Å². The summed E-state index contributed by atoms with van der Waals surface area (Å²) in [6.45, 7) is 2.51. The molecule has 1 amide bonds. The second-order valence-electron chi connectivity index (χ2n) is 7.05. The molecule has 0 unspecified atom stereocenters. The second kappa shape index (κ2) is 8.22. The fourth-order valence-corrected chi connectivity index (χ4v) is 4.01. The van der Waals surface area contributed by atoms with Crippen LogP contribution < -0.4 is 4.90 Å². The summed E-state index contributed by atoms with van der Waals surface area (Å²) in [5.41, 5.74) is -0.860. The van der Waals surface area contributed by atoms with Gasteiger partial charge in [0.2, 0.25) is 5.91 Å². The molecule has 0 radical (unpaired) electrons. The second-order valence-corrected chi connectivity index (χ2v) is 7.46. The molecule has 0 bridgehead atoms. The molecule has 0 N–H and O–H groups in total. The predicted molar refractivity (Wildman–Crippen MR) is 95.8 cm³/mol. The standard InChI is InChI=1S/C18H23ClF3N3O2/c1-27-14-4-8-25(9-5-14)17(26)12-2-6-24(7-3-12)16-15(19)10-13(11-23-16)18(20,21)22/h10-12,14H,2-9H2,1H3. The van der Waals surface area contributed by atoms with Crippen LogP contribution >= 0.6 is 11.6 Å². The summed E-state index contributed by atoms with van der Waals surface area (Å²) >= 11 is 6.03. The molecule has 0 saturated carbocycles. The SMILES string of the molecule is COC1CCN(C(=O)C2CCN(c3ncc(C(F)(F)F)cc3Cl)CC2)CC1. The van der Waals surface area contributed by atoms with Gasteiger partial charge < -0.3 is 14.5 Å². The van der Waals surface area contributed by atoms with Crippen LogP contribution in [0.2, 0.25) is 5.02 Å². The lowest BCUT2D eigenvalue weighted by Crippen LogP contribution is -2.46. The zero-order valence-electron chi connectivity index (χ0n) is 15.1. The average molecular weight is 406 g/mol. The van der Waals surface area contributed by atoms with Crippen molar-refractivity contribution in [2.75, 3.05) is 38.2 Å². The third-order valence-electron chi connectivity index (χ3n) is 5.38. The summed E-state index contributed by atoms with van der Waals surface area (Å²) in [5.74, 6) is 0.445. The number of hydrogen-bond donors (Lipinski definition) is 0. The number of methoxy groups -OCH3 is 1. The Hall–Kier alpha value is -1.54. The highest BCUT2D eigenvalue weighted by Gasteiger charge is 2.34. The van der Waals surface area contributed by atoms with Crippen LogP contribution in [0.1, 0.15) is 31.2 Å². The van der Waals surface area contributed by atoms with Gasteiger partial charge in [0.25, 0.3) is 0 Å². The number of amides is 1. The van der Waals surface area contributed by atoms with Crippen molar-refractivity contribution in [3.63, 3.8) is 0 Å². The van der Waals surface area contributed by atoms with Crippen molar-refractivity contribution in [3.8, 4) is 0 Å². The van der Waals surface area contributed by atoms with Gasteiger partial charge in [0.15, 0.2) is 0 Å². The minimum absolute atomic E-state index is 0.0174. The van der Waals surface area contributed by atoms with Gasteiger partial charge in [-0.05, 0) is 31.7 Å². The van der Waals surface area contributed by atoms with E-state index in [1.165, 1.54) is 0 Å². The maximum Gasteiger partial charge on any atom is 0.417 e. The number of pyridine rings is 1. The van der Waals surface area contributed by atoms with E-state index in [2.05, 4.69) is 4.98 Å². The molecule has 2 aliphatic rings. The number of carbonyl (C=O) groups excluding carboxylic acids is 1. The fraction of sp³-hybridized carbons (Fsp3) is 0.667. The zero-order valence-corrected chi connectivity index (χ0v) is 15.9. The molecule has 0 aromatic carbocycles. The molecule has 27 heavy (non-hydrogen) atoms. The number of hydrogen-bond acceptors (Lipinski definition) is 4. The van der Waals surface area contributed by atoms with E-state index in [-0.39, 0.29) is 23.0 Å². The summed E-state index contributed by atoms with van der Waals surface area (Å²) < 4.78 is 43.6. The third-order valence-corrected chi connectivity index (χ3v) is 5.66. The molecule has 0 aliphatic carbocycles. The fourth-order valence-electron chi connectivity index (χ4n) is 3.73. The Morgan fingerprint density at radius 3 is 2.33 bits per heavy atom. The lowest BCUT2D eigenvalue weighted by Gasteiger charge is -2.37. The van der Waals surface area contributed by atoms with Crippen LogP contribution in [-0.2, 0) is 15.7 Å². The minimum Gasteiger partial charge on any atom is -0.381 e. The minimum atomic E-state index is -4.47. The predicted octanol–water partition coefficient (Wildman–Crippen LogP) is 3.61. The van der Waals surface area contributed by atoms with Gasteiger partial charge in [-0.1, -0.05) is 11.6 Å². The van der Waals surface area contributed by atoms with Crippen LogP contribution in [-0.4, -0.2) is 55.2 Å². The maximum absolute atomic E-state index is 12.7. The molecule has 2 fully saturated rings. The monoisotopic (exact) mass is 405 g/mol. The lowest BCUT2D eigenvalue weighted by atomic mass is 9.94. The van der Waals surface area contributed by atoms with Gasteiger partial charge >= 0.3 is 6.18 Å². The molecule has 2 aliphatic heterocycles. The lowest BCUT2D eigenvalue weighted by molar-refractivity contribution is -0.139. The number of ether oxygens (including phenoxy) is 1. The first-order valence-corrected chi connectivity index (χ1v) is 9.46. The number of piperidine rings is 2. The molecule has 9 heteroatoms. The van der Waals surface area contributed by atoms with E-state index < -0.39 is 11.7 Å². The maximum atomic E-state index is 12.7. The van der Waals surface area contributed by atoms with Gasteiger partial charge in [-0.2, -0.15) is 13.2 Å². The van der Waals surface area contributed by atoms with E-state index in [1.807, 2.05) is 9.80 Å². The summed E-state index contributed by atoms with van der Waals surface area (Å²) in [7, 11) is 1.69. The molecule has 1 aromatic heterocycles. The Morgan fingerprint density at radius 1 is 1.19 bits per heavy atom. The Kier molecular flexibility index (Phi) is 6.15. The first kappa shape index (κ1) is 20.2. The van der Waals surface area contributed by atoms with E-state index in [4.69, 9.17) is 16.3 Å². The number of halogens is 4. The van der Waals surface area contributed by atoms with E-state index in [9.17, 15) is 18.0 Å². The highest BCUT2D eigenvalue weighted by atomic mass is 35.5. The Bertz CT molecular complexity index is 670. The molecule has 5 nitrogen and oxygen atoms in total. The number of carbonyl (C=O) groups is 1. The van der Waals surface area contributed by atoms with Crippen LogP contribution in [0.3, 0.4) is 0 Å². The normalized spacial score (nSPS) is 20.2. The van der Waals surface area contributed by atoms with Gasteiger partial charge in [0.05, 0.1) is 16.7 Å². The number of likely N-dealkylation sites (tertiary alicyclic amines) is 1. The molecule has 2 saturated heterocycles. The average Bonchev–Trinajstić information content (AvgIpc) is 2.67. The van der Waals surface area contributed by atoms with Crippen molar-refractivity contribution >= 4 is 23.3 Å². The van der Waals surface area contributed by atoms with Crippen molar-refractivity contribution in [2.24, 2.45) is 5.92 Å². The van der Waals surface area contributed by atoms with Crippen LogP contribution in [0.25, 0.3) is 0 Å². The van der Waals surface area contributed by atoms with Gasteiger partial charge in [0.1, 0.15) is 5.82 Å². The number of rotatable bonds is 3. The number of aromatic nitrogens is 1. The largest absolute Gasteiger partial charge is 0.417 e. The van der Waals surface area contributed by atoms with E-state index >= 15 is 0 Å². The van der Waals surface area contributed by atoms with Gasteiger partial charge in [-0.15, -0.1) is 0 Å².